The van der Waals surface area contributed by atoms with Crippen LogP contribution < -0.4 is 0 Å². The van der Waals surface area contributed by atoms with Gasteiger partial charge in [-0.25, -0.2) is 4.79 Å². The van der Waals surface area contributed by atoms with Crippen molar-refractivity contribution in [3.05, 3.63) is 24.3 Å². The lowest BCUT2D eigenvalue weighted by Crippen LogP contribution is -2.30. The van der Waals surface area contributed by atoms with E-state index in [-0.39, 0.29) is 0 Å². The molecule has 25 heavy (non-hydrogen) atoms. The van der Waals surface area contributed by atoms with Crippen LogP contribution in [0.4, 0.5) is 0 Å². The van der Waals surface area contributed by atoms with Crippen molar-refractivity contribution in [3.63, 3.8) is 0 Å². The SMILES string of the molecule is O=C(O)C=CCC=CC[C@H]1[C@@H](COCCC2CCCC2)[C@H]2CC[C@@H]1O2. The molecule has 0 aromatic rings. The molecule has 0 unspecified atom stereocenters. The van der Waals surface area contributed by atoms with E-state index in [1.165, 1.54) is 51.0 Å². The Hall–Kier alpha value is -1.13. The van der Waals surface area contributed by atoms with E-state index < -0.39 is 5.97 Å². The molecule has 1 aliphatic carbocycles. The number of allylic oxidation sites excluding steroid dienone is 3. The molecule has 0 amide bonds. The highest BCUT2D eigenvalue weighted by atomic mass is 16.5. The number of carboxylic acid groups (broad SMARTS) is 1. The zero-order chi connectivity index (χ0) is 17.5. The second kappa shape index (κ2) is 9.54. The van der Waals surface area contributed by atoms with Crippen LogP contribution in [0.3, 0.4) is 0 Å². The van der Waals surface area contributed by atoms with Gasteiger partial charge in [0.25, 0.3) is 0 Å². The maximum atomic E-state index is 10.4. The zero-order valence-electron chi connectivity index (χ0n) is 15.1. The van der Waals surface area contributed by atoms with Gasteiger partial charge in [-0.1, -0.05) is 43.9 Å². The number of hydrogen-bond acceptors (Lipinski definition) is 3. The average molecular weight is 348 g/mol. The fourth-order valence-electron chi connectivity index (χ4n) is 4.79. The highest BCUT2D eigenvalue weighted by molar-refractivity contribution is 5.79. The number of hydrogen-bond donors (Lipinski definition) is 1. The molecule has 4 nitrogen and oxygen atoms in total. The van der Waals surface area contributed by atoms with Crippen LogP contribution in [0.5, 0.6) is 0 Å². The van der Waals surface area contributed by atoms with Crippen LogP contribution >= 0.6 is 0 Å². The summed E-state index contributed by atoms with van der Waals surface area (Å²) in [7, 11) is 0. The van der Waals surface area contributed by atoms with Crippen LogP contribution in [-0.4, -0.2) is 36.5 Å². The number of carboxylic acids is 1. The molecule has 3 fully saturated rings. The van der Waals surface area contributed by atoms with Crippen LogP contribution in [0.15, 0.2) is 24.3 Å². The molecule has 0 radical (unpaired) electrons. The highest BCUT2D eigenvalue weighted by Crippen LogP contribution is 2.45. The monoisotopic (exact) mass is 348 g/mol. The molecule has 0 aromatic carbocycles. The normalized spacial score (nSPS) is 32.5. The van der Waals surface area contributed by atoms with Gasteiger partial charge in [0.1, 0.15) is 0 Å². The molecule has 140 valence electrons. The second-order valence-corrected chi connectivity index (χ2v) is 7.82. The summed E-state index contributed by atoms with van der Waals surface area (Å²) in [5, 5.41) is 8.58. The van der Waals surface area contributed by atoms with E-state index in [4.69, 9.17) is 14.6 Å². The van der Waals surface area contributed by atoms with E-state index in [2.05, 4.69) is 12.2 Å². The van der Waals surface area contributed by atoms with Crippen LogP contribution in [-0.2, 0) is 14.3 Å². The number of aliphatic carboxylic acids is 1. The van der Waals surface area contributed by atoms with Gasteiger partial charge in [0.15, 0.2) is 0 Å². The summed E-state index contributed by atoms with van der Waals surface area (Å²) >= 11 is 0. The Morgan fingerprint density at radius 1 is 1.04 bits per heavy atom. The molecule has 0 spiro atoms. The van der Waals surface area contributed by atoms with Crippen LogP contribution in [0.25, 0.3) is 0 Å². The molecule has 3 aliphatic rings. The highest BCUT2D eigenvalue weighted by Gasteiger charge is 2.48. The predicted molar refractivity (Wildman–Crippen MR) is 97.4 cm³/mol. The van der Waals surface area contributed by atoms with Gasteiger partial charge >= 0.3 is 5.97 Å². The maximum Gasteiger partial charge on any atom is 0.327 e. The summed E-state index contributed by atoms with van der Waals surface area (Å²) in [6, 6.07) is 0. The second-order valence-electron chi connectivity index (χ2n) is 7.82. The van der Waals surface area contributed by atoms with E-state index in [0.29, 0.717) is 30.5 Å². The lowest BCUT2D eigenvalue weighted by molar-refractivity contribution is -0.131. The number of fused-ring (bicyclic) bond motifs is 2. The third-order valence-electron chi connectivity index (χ3n) is 6.15. The zero-order valence-corrected chi connectivity index (χ0v) is 15.1. The predicted octanol–water partition coefficient (Wildman–Crippen LogP) is 4.35. The Morgan fingerprint density at radius 2 is 1.80 bits per heavy atom. The molecule has 3 rings (SSSR count). The minimum Gasteiger partial charge on any atom is -0.478 e. The fourth-order valence-corrected chi connectivity index (χ4v) is 4.79. The minimum atomic E-state index is -0.885. The third kappa shape index (κ3) is 5.42. The number of ether oxygens (including phenoxy) is 2. The van der Waals surface area contributed by atoms with Crippen molar-refractivity contribution >= 4 is 5.97 Å². The Labute approximate surface area is 151 Å². The first-order valence-corrected chi connectivity index (χ1v) is 10.0. The van der Waals surface area contributed by atoms with Crippen LogP contribution in [0.2, 0.25) is 0 Å². The van der Waals surface area contributed by atoms with Gasteiger partial charge in [0.05, 0.1) is 18.8 Å². The Balaban J connectivity index is 1.38. The summed E-state index contributed by atoms with van der Waals surface area (Å²) in [5.74, 6) is 1.10. The first-order chi connectivity index (χ1) is 12.2. The van der Waals surface area contributed by atoms with Crippen molar-refractivity contribution in [2.24, 2.45) is 17.8 Å². The lowest BCUT2D eigenvalue weighted by atomic mass is 9.78. The first-order valence-electron chi connectivity index (χ1n) is 10.0. The molecule has 2 aliphatic heterocycles. The van der Waals surface area contributed by atoms with E-state index in [0.717, 1.165) is 25.6 Å². The van der Waals surface area contributed by atoms with E-state index in [9.17, 15) is 4.79 Å². The molecule has 1 saturated carbocycles. The standard InChI is InChI=1S/C21H32O4/c22-21(23)10-4-2-1-3-9-17-18(20-12-11-19(17)25-20)15-24-14-13-16-7-5-6-8-16/h1,3-4,10,16-20H,2,5-9,11-15H2,(H,22,23)/t17-,18+,19-,20+/m0/s1. The van der Waals surface area contributed by atoms with E-state index in [1.807, 2.05) is 0 Å². The van der Waals surface area contributed by atoms with Gasteiger partial charge in [0.2, 0.25) is 0 Å². The summed E-state index contributed by atoms with van der Waals surface area (Å²) in [6.45, 7) is 1.74. The molecule has 2 heterocycles. The topological polar surface area (TPSA) is 55.8 Å². The molecular formula is C21H32O4. The summed E-state index contributed by atoms with van der Waals surface area (Å²) < 4.78 is 12.2. The van der Waals surface area contributed by atoms with Crippen molar-refractivity contribution in [2.45, 2.75) is 70.0 Å². The molecule has 4 atom stereocenters. The van der Waals surface area contributed by atoms with Crippen molar-refractivity contribution in [1.82, 2.24) is 0 Å². The minimum absolute atomic E-state index is 0.391. The lowest BCUT2D eigenvalue weighted by Gasteiger charge is -2.27. The molecule has 2 bridgehead atoms. The molecule has 4 heteroatoms. The quantitative estimate of drug-likeness (QED) is 0.362. The van der Waals surface area contributed by atoms with Crippen molar-refractivity contribution in [1.29, 1.82) is 0 Å². The van der Waals surface area contributed by atoms with Crippen molar-refractivity contribution in [2.75, 3.05) is 13.2 Å². The Kier molecular flexibility index (Phi) is 7.12. The number of carbonyl (C=O) groups is 1. The average Bonchev–Trinajstić information content (AvgIpc) is 3.32. The van der Waals surface area contributed by atoms with Crippen molar-refractivity contribution < 1.29 is 19.4 Å². The van der Waals surface area contributed by atoms with Gasteiger partial charge in [-0.15, -0.1) is 0 Å². The maximum absolute atomic E-state index is 10.4. The van der Waals surface area contributed by atoms with E-state index in [1.54, 1.807) is 6.08 Å². The van der Waals surface area contributed by atoms with E-state index >= 15 is 0 Å². The summed E-state index contributed by atoms with van der Waals surface area (Å²) in [5.41, 5.74) is 0. The molecular weight excluding hydrogens is 316 g/mol. The van der Waals surface area contributed by atoms with Gasteiger partial charge in [-0.3, -0.25) is 0 Å². The molecule has 0 aromatic heterocycles. The Bertz CT molecular complexity index is 478. The first kappa shape index (κ1) is 18.7. The van der Waals surface area contributed by atoms with Crippen LogP contribution in [0, 0.1) is 17.8 Å². The molecule has 1 N–H and O–H groups in total. The van der Waals surface area contributed by atoms with Crippen molar-refractivity contribution in [3.8, 4) is 0 Å². The van der Waals surface area contributed by atoms with Gasteiger partial charge in [0, 0.05) is 18.6 Å². The summed E-state index contributed by atoms with van der Waals surface area (Å²) in [4.78, 5) is 10.4. The van der Waals surface area contributed by atoms with Gasteiger partial charge in [-0.05, 0) is 43.9 Å². The smallest absolute Gasteiger partial charge is 0.327 e. The fraction of sp³-hybridized carbons (Fsp3) is 0.762. The summed E-state index contributed by atoms with van der Waals surface area (Å²) in [6.07, 6.45) is 18.8. The van der Waals surface area contributed by atoms with Gasteiger partial charge < -0.3 is 14.6 Å². The molecule has 2 saturated heterocycles. The van der Waals surface area contributed by atoms with Crippen LogP contribution in [0.1, 0.15) is 57.8 Å². The largest absolute Gasteiger partial charge is 0.478 e. The Morgan fingerprint density at radius 3 is 2.56 bits per heavy atom. The number of rotatable bonds is 10. The van der Waals surface area contributed by atoms with Gasteiger partial charge in [-0.2, -0.15) is 0 Å². The third-order valence-corrected chi connectivity index (χ3v) is 6.15.